The van der Waals surface area contributed by atoms with E-state index < -0.39 is 0 Å². The zero-order valence-electron chi connectivity index (χ0n) is 11.4. The molecule has 2 heteroatoms. The summed E-state index contributed by atoms with van der Waals surface area (Å²) >= 11 is 0. The highest BCUT2D eigenvalue weighted by molar-refractivity contribution is 6.06. The van der Waals surface area contributed by atoms with E-state index >= 15 is 0 Å². The van der Waals surface area contributed by atoms with Gasteiger partial charge in [0.25, 0.3) is 0 Å². The molecule has 0 spiro atoms. The molecule has 2 rings (SSSR count). The molecule has 18 heavy (non-hydrogen) atoms. The molecule has 0 saturated carbocycles. The Hall–Kier alpha value is -1.70. The van der Waals surface area contributed by atoms with Gasteiger partial charge in [-0.2, -0.15) is 0 Å². The number of hydrogen-bond acceptors (Lipinski definition) is 2. The Bertz CT molecular complexity index is 599. The molecule has 0 amide bonds. The lowest BCUT2D eigenvalue weighted by molar-refractivity contribution is 0.101. The predicted molar refractivity (Wildman–Crippen MR) is 75.2 cm³/mol. The minimum absolute atomic E-state index is 0.109. The molecule has 0 radical (unpaired) electrons. The van der Waals surface area contributed by atoms with Crippen LogP contribution in [0.3, 0.4) is 0 Å². The van der Waals surface area contributed by atoms with Crippen molar-refractivity contribution in [3.05, 3.63) is 41.1 Å². The quantitative estimate of drug-likeness (QED) is 0.756. The third kappa shape index (κ3) is 2.15. The van der Waals surface area contributed by atoms with Crippen LogP contribution in [0.5, 0.6) is 0 Å². The molecule has 0 aliphatic rings. The summed E-state index contributed by atoms with van der Waals surface area (Å²) in [6.07, 6.45) is 0.934. The fourth-order valence-corrected chi connectivity index (χ4v) is 2.20. The van der Waals surface area contributed by atoms with Crippen LogP contribution in [0.25, 0.3) is 10.9 Å². The van der Waals surface area contributed by atoms with Gasteiger partial charge in [-0.15, -0.1) is 0 Å². The molecule has 0 N–H and O–H groups in total. The van der Waals surface area contributed by atoms with E-state index in [4.69, 9.17) is 4.98 Å². The minimum atomic E-state index is 0.109. The first-order valence-corrected chi connectivity index (χ1v) is 6.48. The van der Waals surface area contributed by atoms with E-state index in [-0.39, 0.29) is 5.78 Å². The van der Waals surface area contributed by atoms with Crippen LogP contribution in [0.2, 0.25) is 0 Å². The van der Waals surface area contributed by atoms with E-state index in [1.54, 1.807) is 6.92 Å². The molecule has 0 saturated heterocycles. The lowest BCUT2D eigenvalue weighted by Gasteiger charge is -2.12. The third-order valence-corrected chi connectivity index (χ3v) is 3.29. The van der Waals surface area contributed by atoms with Gasteiger partial charge in [0.1, 0.15) is 0 Å². The standard InChI is InChI=1S/C16H19NO/c1-5-12-7-6-8-13-14(11(4)18)9-15(10(2)3)17-16(12)13/h6-10H,5H2,1-4H3. The average Bonchev–Trinajstić information content (AvgIpc) is 2.36. The zero-order chi connectivity index (χ0) is 13.3. The average molecular weight is 241 g/mol. The van der Waals surface area contributed by atoms with Crippen molar-refractivity contribution in [2.45, 2.75) is 40.0 Å². The highest BCUT2D eigenvalue weighted by atomic mass is 16.1. The Morgan fingerprint density at radius 2 is 2.06 bits per heavy atom. The van der Waals surface area contributed by atoms with E-state index in [2.05, 4.69) is 26.8 Å². The molecule has 0 fully saturated rings. The number of ketones is 1. The van der Waals surface area contributed by atoms with Gasteiger partial charge in [0, 0.05) is 16.6 Å². The number of fused-ring (bicyclic) bond motifs is 1. The maximum atomic E-state index is 11.8. The van der Waals surface area contributed by atoms with Gasteiger partial charge in [0.2, 0.25) is 0 Å². The van der Waals surface area contributed by atoms with E-state index in [1.807, 2.05) is 18.2 Å². The molecule has 0 aliphatic carbocycles. The van der Waals surface area contributed by atoms with E-state index in [9.17, 15) is 4.79 Å². The first-order valence-electron chi connectivity index (χ1n) is 6.48. The van der Waals surface area contributed by atoms with Crippen LogP contribution in [0.4, 0.5) is 0 Å². The topological polar surface area (TPSA) is 30.0 Å². The Kier molecular flexibility index (Phi) is 3.46. The molecule has 0 unspecified atom stereocenters. The van der Waals surface area contributed by atoms with Crippen molar-refractivity contribution in [1.82, 2.24) is 4.98 Å². The number of aryl methyl sites for hydroxylation is 1. The molecule has 1 aromatic heterocycles. The smallest absolute Gasteiger partial charge is 0.160 e. The summed E-state index contributed by atoms with van der Waals surface area (Å²) < 4.78 is 0. The molecule has 2 nitrogen and oxygen atoms in total. The summed E-state index contributed by atoms with van der Waals surface area (Å²) in [5, 5.41) is 0.978. The summed E-state index contributed by atoms with van der Waals surface area (Å²) in [6.45, 7) is 7.95. The van der Waals surface area contributed by atoms with Gasteiger partial charge in [0.05, 0.1) is 5.52 Å². The van der Waals surface area contributed by atoms with Crippen LogP contribution in [0.1, 0.15) is 55.2 Å². The first-order chi connectivity index (χ1) is 8.54. The minimum Gasteiger partial charge on any atom is -0.294 e. The molecular formula is C16H19NO. The Labute approximate surface area is 108 Å². The highest BCUT2D eigenvalue weighted by Crippen LogP contribution is 2.25. The molecule has 2 aromatic rings. The summed E-state index contributed by atoms with van der Waals surface area (Å²) in [5.41, 5.74) is 3.97. The predicted octanol–water partition coefficient (Wildman–Crippen LogP) is 4.12. The number of carbonyl (C=O) groups excluding carboxylic acids is 1. The Balaban J connectivity index is 2.85. The maximum absolute atomic E-state index is 11.8. The van der Waals surface area contributed by atoms with Crippen molar-refractivity contribution >= 4 is 16.7 Å². The third-order valence-electron chi connectivity index (χ3n) is 3.29. The number of aromatic nitrogens is 1. The maximum Gasteiger partial charge on any atom is 0.160 e. The molecule has 0 atom stereocenters. The van der Waals surface area contributed by atoms with Crippen molar-refractivity contribution in [1.29, 1.82) is 0 Å². The number of rotatable bonds is 3. The number of carbonyl (C=O) groups is 1. The summed E-state index contributed by atoms with van der Waals surface area (Å²) in [5.74, 6) is 0.440. The number of Topliss-reactive ketones (excluding diaryl/α,β-unsaturated/α-hetero) is 1. The van der Waals surface area contributed by atoms with Crippen molar-refractivity contribution in [2.75, 3.05) is 0 Å². The summed E-state index contributed by atoms with van der Waals surface area (Å²) in [6, 6.07) is 8.02. The molecule has 1 aromatic carbocycles. The Morgan fingerprint density at radius 3 is 2.61 bits per heavy atom. The van der Waals surface area contributed by atoms with Gasteiger partial charge in [-0.3, -0.25) is 9.78 Å². The van der Waals surface area contributed by atoms with Crippen LogP contribution in [-0.2, 0) is 6.42 Å². The number of hydrogen-bond donors (Lipinski definition) is 0. The van der Waals surface area contributed by atoms with E-state index in [0.29, 0.717) is 5.92 Å². The van der Waals surface area contributed by atoms with E-state index in [0.717, 1.165) is 28.6 Å². The Morgan fingerprint density at radius 1 is 1.33 bits per heavy atom. The van der Waals surface area contributed by atoms with Gasteiger partial charge in [0.15, 0.2) is 5.78 Å². The monoisotopic (exact) mass is 241 g/mol. The van der Waals surface area contributed by atoms with Gasteiger partial charge in [-0.05, 0) is 30.9 Å². The van der Waals surface area contributed by atoms with Crippen LogP contribution >= 0.6 is 0 Å². The molecule has 1 heterocycles. The highest BCUT2D eigenvalue weighted by Gasteiger charge is 2.13. The fourth-order valence-electron chi connectivity index (χ4n) is 2.20. The number of pyridine rings is 1. The van der Waals surface area contributed by atoms with Crippen LogP contribution in [-0.4, -0.2) is 10.8 Å². The van der Waals surface area contributed by atoms with Gasteiger partial charge in [-0.1, -0.05) is 39.0 Å². The second-order valence-electron chi connectivity index (χ2n) is 4.97. The summed E-state index contributed by atoms with van der Waals surface area (Å²) in [7, 11) is 0. The molecule has 0 aliphatic heterocycles. The largest absolute Gasteiger partial charge is 0.294 e. The number of benzene rings is 1. The van der Waals surface area contributed by atoms with Crippen LogP contribution < -0.4 is 0 Å². The lowest BCUT2D eigenvalue weighted by Crippen LogP contribution is -2.02. The van der Waals surface area contributed by atoms with Gasteiger partial charge in [-0.25, -0.2) is 0 Å². The van der Waals surface area contributed by atoms with Crippen molar-refractivity contribution in [3.63, 3.8) is 0 Å². The first kappa shape index (κ1) is 12.7. The van der Waals surface area contributed by atoms with Crippen molar-refractivity contribution < 1.29 is 4.79 Å². The summed E-state index contributed by atoms with van der Waals surface area (Å²) in [4.78, 5) is 16.5. The van der Waals surface area contributed by atoms with E-state index in [1.165, 1.54) is 5.56 Å². The van der Waals surface area contributed by atoms with Crippen molar-refractivity contribution in [3.8, 4) is 0 Å². The SMILES string of the molecule is CCc1cccc2c(C(C)=O)cc(C(C)C)nc12. The second-order valence-corrected chi connectivity index (χ2v) is 4.97. The van der Waals surface area contributed by atoms with Gasteiger partial charge >= 0.3 is 0 Å². The second kappa shape index (κ2) is 4.89. The number of nitrogens with zero attached hydrogens (tertiary/aromatic N) is 1. The van der Waals surface area contributed by atoms with Crippen LogP contribution in [0.15, 0.2) is 24.3 Å². The zero-order valence-corrected chi connectivity index (χ0v) is 11.4. The lowest BCUT2D eigenvalue weighted by atomic mass is 9.98. The van der Waals surface area contributed by atoms with Crippen LogP contribution in [0, 0.1) is 0 Å². The van der Waals surface area contributed by atoms with Crippen molar-refractivity contribution in [2.24, 2.45) is 0 Å². The fraction of sp³-hybridized carbons (Fsp3) is 0.375. The molecular weight excluding hydrogens is 222 g/mol. The number of para-hydroxylation sites is 1. The van der Waals surface area contributed by atoms with Gasteiger partial charge < -0.3 is 0 Å². The normalized spacial score (nSPS) is 11.2. The molecule has 94 valence electrons. The molecule has 0 bridgehead atoms.